The molecule has 0 aromatic carbocycles. The molecular weight excluding hydrogens is 214 g/mol. The van der Waals surface area contributed by atoms with Gasteiger partial charge in [0, 0.05) is 20.1 Å². The van der Waals surface area contributed by atoms with Crippen LogP contribution in [0.25, 0.3) is 0 Å². The van der Waals surface area contributed by atoms with Crippen molar-refractivity contribution in [2.24, 2.45) is 10.8 Å². The smallest absolute Gasteiger partial charge is 0.208 e. The van der Waals surface area contributed by atoms with Crippen LogP contribution in [0.4, 0.5) is 0 Å². The fourth-order valence-electron chi connectivity index (χ4n) is 2.08. The predicted octanol–water partition coefficient (Wildman–Crippen LogP) is 0.632. The van der Waals surface area contributed by atoms with Gasteiger partial charge in [-0.1, -0.05) is 19.3 Å². The molecule has 17 heavy (non-hydrogen) atoms. The number of nitrogens with zero attached hydrogens (tertiary/aromatic N) is 3. The zero-order valence-corrected chi connectivity index (χ0v) is 11.4. The average molecular weight is 241 g/mol. The highest BCUT2D eigenvalue weighted by Crippen LogP contribution is 2.20. The van der Waals surface area contributed by atoms with E-state index in [9.17, 15) is 0 Å². The molecule has 5 nitrogen and oxygen atoms in total. The minimum Gasteiger partial charge on any atom is -0.344 e. The first kappa shape index (κ1) is 14.3. The molecule has 0 spiro atoms. The van der Waals surface area contributed by atoms with Gasteiger partial charge in [0.05, 0.1) is 6.04 Å². The quantitative estimate of drug-likeness (QED) is 0.328. The van der Waals surface area contributed by atoms with Gasteiger partial charge >= 0.3 is 0 Å². The van der Waals surface area contributed by atoms with Crippen LogP contribution < -0.4 is 11.3 Å². The topological polar surface area (TPSA) is 56.9 Å². The lowest BCUT2D eigenvalue weighted by Gasteiger charge is -2.25. The van der Waals surface area contributed by atoms with Crippen LogP contribution in [0.2, 0.25) is 0 Å². The molecule has 5 heteroatoms. The van der Waals surface area contributed by atoms with Gasteiger partial charge in [0.15, 0.2) is 0 Å². The van der Waals surface area contributed by atoms with Gasteiger partial charge in [-0.25, -0.2) is 10.8 Å². The van der Waals surface area contributed by atoms with Crippen LogP contribution in [0.1, 0.15) is 32.1 Å². The van der Waals surface area contributed by atoms with E-state index in [0.717, 1.165) is 19.0 Å². The lowest BCUT2D eigenvalue weighted by Crippen LogP contribution is -2.45. The number of likely N-dealkylation sites (N-methyl/N-ethyl adjacent to an activating group) is 2. The van der Waals surface area contributed by atoms with Crippen LogP contribution >= 0.6 is 0 Å². The van der Waals surface area contributed by atoms with Gasteiger partial charge in [-0.3, -0.25) is 5.43 Å². The summed E-state index contributed by atoms with van der Waals surface area (Å²) in [6, 6.07) is 0.455. The first-order valence-corrected chi connectivity index (χ1v) is 6.53. The fourth-order valence-corrected chi connectivity index (χ4v) is 2.08. The zero-order chi connectivity index (χ0) is 12.7. The van der Waals surface area contributed by atoms with Crippen molar-refractivity contribution in [2.45, 2.75) is 38.1 Å². The first-order valence-electron chi connectivity index (χ1n) is 6.53. The van der Waals surface area contributed by atoms with E-state index in [1.54, 1.807) is 0 Å². The highest BCUT2D eigenvalue weighted by atomic mass is 15.4. The molecule has 0 bridgehead atoms. The monoisotopic (exact) mass is 241 g/mol. The van der Waals surface area contributed by atoms with E-state index >= 15 is 0 Å². The zero-order valence-electron chi connectivity index (χ0n) is 11.4. The average Bonchev–Trinajstić information content (AvgIpc) is 2.34. The Balaban J connectivity index is 2.46. The summed E-state index contributed by atoms with van der Waals surface area (Å²) < 4.78 is 0. The Morgan fingerprint density at radius 1 is 1.18 bits per heavy atom. The van der Waals surface area contributed by atoms with Crippen LogP contribution in [-0.2, 0) is 0 Å². The summed E-state index contributed by atoms with van der Waals surface area (Å²) in [4.78, 5) is 8.97. The van der Waals surface area contributed by atoms with Crippen molar-refractivity contribution >= 4 is 5.96 Å². The largest absolute Gasteiger partial charge is 0.344 e. The van der Waals surface area contributed by atoms with E-state index in [-0.39, 0.29) is 0 Å². The molecule has 1 aliphatic rings. The maximum Gasteiger partial charge on any atom is 0.208 e. The molecule has 0 unspecified atom stereocenters. The van der Waals surface area contributed by atoms with Crippen LogP contribution in [0.5, 0.6) is 0 Å². The lowest BCUT2D eigenvalue weighted by atomic mass is 9.96. The molecule has 1 rings (SSSR count). The summed E-state index contributed by atoms with van der Waals surface area (Å²) in [6.07, 6.45) is 6.36. The Morgan fingerprint density at radius 2 is 1.82 bits per heavy atom. The molecule has 0 amide bonds. The van der Waals surface area contributed by atoms with Gasteiger partial charge in [0.1, 0.15) is 0 Å². The maximum absolute atomic E-state index is 5.56. The Morgan fingerprint density at radius 3 is 2.35 bits per heavy atom. The molecule has 1 aliphatic carbocycles. The van der Waals surface area contributed by atoms with E-state index in [2.05, 4.69) is 29.3 Å². The number of guanidine groups is 1. The van der Waals surface area contributed by atoms with E-state index in [0.29, 0.717) is 6.04 Å². The van der Waals surface area contributed by atoms with Crippen molar-refractivity contribution in [3.8, 4) is 0 Å². The van der Waals surface area contributed by atoms with Crippen molar-refractivity contribution in [2.75, 3.05) is 34.2 Å². The minimum absolute atomic E-state index is 0.455. The van der Waals surface area contributed by atoms with Gasteiger partial charge in [0.25, 0.3) is 0 Å². The molecule has 100 valence electrons. The van der Waals surface area contributed by atoms with Crippen molar-refractivity contribution in [3.05, 3.63) is 0 Å². The fraction of sp³-hybridized carbons (Fsp3) is 0.917. The molecule has 0 radical (unpaired) electrons. The van der Waals surface area contributed by atoms with Crippen LogP contribution in [-0.4, -0.2) is 56.0 Å². The molecular formula is C12H27N5. The van der Waals surface area contributed by atoms with Crippen molar-refractivity contribution in [1.29, 1.82) is 0 Å². The molecule has 1 saturated carbocycles. The number of hydrazine groups is 1. The van der Waals surface area contributed by atoms with Gasteiger partial charge < -0.3 is 9.80 Å². The highest BCUT2D eigenvalue weighted by Gasteiger charge is 2.14. The van der Waals surface area contributed by atoms with Gasteiger partial charge in [-0.05, 0) is 26.9 Å². The van der Waals surface area contributed by atoms with Crippen molar-refractivity contribution in [1.82, 2.24) is 15.2 Å². The number of hydrogen-bond acceptors (Lipinski definition) is 3. The summed E-state index contributed by atoms with van der Waals surface area (Å²) in [5.74, 6) is 6.38. The third-order valence-corrected chi connectivity index (χ3v) is 3.25. The lowest BCUT2D eigenvalue weighted by molar-refractivity contribution is 0.348. The molecule has 0 saturated heterocycles. The Kier molecular flexibility index (Phi) is 6.29. The number of nitrogens with one attached hydrogen (secondary N) is 1. The Hall–Kier alpha value is -0.810. The van der Waals surface area contributed by atoms with Gasteiger partial charge in [-0.2, -0.15) is 0 Å². The highest BCUT2D eigenvalue weighted by molar-refractivity contribution is 5.79. The molecule has 1 fully saturated rings. The van der Waals surface area contributed by atoms with Crippen LogP contribution in [0, 0.1) is 0 Å². The normalized spacial score (nSPS) is 18.5. The first-order chi connectivity index (χ1) is 8.13. The summed E-state index contributed by atoms with van der Waals surface area (Å²) in [6.45, 7) is 1.94. The van der Waals surface area contributed by atoms with Crippen LogP contribution in [0.15, 0.2) is 4.99 Å². The van der Waals surface area contributed by atoms with Crippen molar-refractivity contribution in [3.63, 3.8) is 0 Å². The van der Waals surface area contributed by atoms with Crippen molar-refractivity contribution < 1.29 is 0 Å². The third-order valence-electron chi connectivity index (χ3n) is 3.25. The van der Waals surface area contributed by atoms with E-state index in [4.69, 9.17) is 10.8 Å². The summed E-state index contributed by atoms with van der Waals surface area (Å²) in [5, 5.41) is 0. The predicted molar refractivity (Wildman–Crippen MR) is 72.8 cm³/mol. The third kappa shape index (κ3) is 5.37. The second-order valence-electron chi connectivity index (χ2n) is 5.11. The van der Waals surface area contributed by atoms with Gasteiger partial charge in [0.2, 0.25) is 5.96 Å². The maximum atomic E-state index is 5.56. The molecule has 0 atom stereocenters. The summed E-state index contributed by atoms with van der Waals surface area (Å²) in [5.41, 5.74) is 2.73. The molecule has 0 aromatic rings. The number of hydrogen-bond donors (Lipinski definition) is 2. The molecule has 0 aliphatic heterocycles. The summed E-state index contributed by atoms with van der Waals surface area (Å²) >= 11 is 0. The number of aliphatic imine (C=N–C) groups is 1. The number of rotatable bonds is 4. The molecule has 0 aromatic heterocycles. The van der Waals surface area contributed by atoms with E-state index < -0.39 is 0 Å². The molecule has 0 heterocycles. The van der Waals surface area contributed by atoms with Crippen LogP contribution in [0.3, 0.4) is 0 Å². The molecule has 3 N–H and O–H groups in total. The van der Waals surface area contributed by atoms with E-state index in [1.807, 2.05) is 7.05 Å². The number of nitrogens with two attached hydrogens (primary N) is 1. The SMILES string of the molecule is CN(C)CCN(C)C(=NC1CCCCC1)NN. The second-order valence-corrected chi connectivity index (χ2v) is 5.11. The van der Waals surface area contributed by atoms with E-state index in [1.165, 1.54) is 32.1 Å². The standard InChI is InChI=1S/C12H27N5/c1-16(2)9-10-17(3)12(15-13)14-11-7-5-4-6-8-11/h11H,4-10,13H2,1-3H3,(H,14,15). The second kappa shape index (κ2) is 7.50. The Bertz CT molecular complexity index is 233. The summed E-state index contributed by atoms with van der Waals surface area (Å²) in [7, 11) is 6.17. The minimum atomic E-state index is 0.455. The Labute approximate surface area is 105 Å². The van der Waals surface area contributed by atoms with Gasteiger partial charge in [-0.15, -0.1) is 0 Å².